The van der Waals surface area contributed by atoms with Crippen LogP contribution in [0.5, 0.6) is 0 Å². The minimum atomic E-state index is -4.39. The van der Waals surface area contributed by atoms with E-state index in [1.54, 1.807) is 0 Å². The number of allylic oxidation sites excluding steroid dienone is 8. The number of ether oxygens (including phenoxy) is 2. The van der Waals surface area contributed by atoms with E-state index in [-0.39, 0.29) is 25.6 Å². The van der Waals surface area contributed by atoms with Crippen LogP contribution in [0, 0.1) is 0 Å². The molecule has 10 heteroatoms. The summed E-state index contributed by atoms with van der Waals surface area (Å²) < 4.78 is 34.8. The molecule has 89 heavy (non-hydrogen) atoms. The lowest BCUT2D eigenvalue weighted by atomic mass is 10.0. The van der Waals surface area contributed by atoms with Gasteiger partial charge in [-0.25, -0.2) is 4.57 Å². The number of esters is 2. The fourth-order valence-corrected chi connectivity index (χ4v) is 12.5. The number of hydrogen-bond acceptors (Lipinski definition) is 7. The van der Waals surface area contributed by atoms with Crippen molar-refractivity contribution in [3.05, 3.63) is 48.6 Å². The number of rotatable bonds is 73. The van der Waals surface area contributed by atoms with Crippen molar-refractivity contribution in [1.82, 2.24) is 0 Å². The van der Waals surface area contributed by atoms with E-state index in [2.05, 4.69) is 62.5 Å². The van der Waals surface area contributed by atoms with Crippen LogP contribution in [0.1, 0.15) is 393 Å². The second-order valence-electron chi connectivity index (χ2n) is 27.7. The molecule has 0 rings (SSSR count). The Kier molecular flexibility index (Phi) is 68.7. The van der Waals surface area contributed by atoms with Crippen molar-refractivity contribution >= 4 is 19.8 Å². The Morgan fingerprint density at radius 1 is 0.360 bits per heavy atom. The smallest absolute Gasteiger partial charge is 0.462 e. The maximum absolute atomic E-state index is 12.9. The predicted octanol–water partition coefficient (Wildman–Crippen LogP) is 25.6. The van der Waals surface area contributed by atoms with Gasteiger partial charge in [0.25, 0.3) is 0 Å². The molecular formula is C79H151NO8P+. The van der Waals surface area contributed by atoms with Crippen molar-refractivity contribution in [2.24, 2.45) is 0 Å². The standard InChI is InChI=1S/C79H150NO8P/c1-6-8-10-12-14-16-18-20-22-24-26-28-30-32-34-36-38-40-42-44-46-48-50-52-54-56-58-60-62-64-66-68-70-72-79(82)88-77(76-87-89(83,84)86-74-73-80(3,4)5)75-85-78(81)71-69-67-65-63-61-59-57-55-53-51-49-47-45-43-41-39-37-35-33-31-29-27-25-23-21-19-17-15-13-11-9-7-2/h8,10,14,16,20,22,26,28,77H,6-7,9,11-13,15,17-19,21,23-25,27,29-76H2,1-5H3/p+1/b10-8-,16-14-,22-20-,28-26-. The first-order valence-corrected chi connectivity index (χ1v) is 40.4. The summed E-state index contributed by atoms with van der Waals surface area (Å²) in [6, 6.07) is 0. The van der Waals surface area contributed by atoms with Crippen LogP contribution in [0.25, 0.3) is 0 Å². The van der Waals surface area contributed by atoms with Crippen LogP contribution < -0.4 is 0 Å². The first-order valence-electron chi connectivity index (χ1n) is 38.9. The van der Waals surface area contributed by atoms with Gasteiger partial charge in [0.15, 0.2) is 6.10 Å². The van der Waals surface area contributed by atoms with Gasteiger partial charge in [-0.05, 0) is 51.4 Å². The molecule has 0 aliphatic rings. The Bertz CT molecular complexity index is 1640. The van der Waals surface area contributed by atoms with Crippen LogP contribution in [-0.4, -0.2) is 74.9 Å². The molecule has 0 bridgehead atoms. The summed E-state index contributed by atoms with van der Waals surface area (Å²) in [6.07, 6.45) is 92.6. The number of phosphoric ester groups is 1. The highest BCUT2D eigenvalue weighted by Gasteiger charge is 2.27. The predicted molar refractivity (Wildman–Crippen MR) is 386 cm³/mol. The number of hydrogen-bond donors (Lipinski definition) is 1. The lowest BCUT2D eigenvalue weighted by Crippen LogP contribution is -2.37. The number of likely N-dealkylation sites (N-methyl/N-ethyl adjacent to an activating group) is 1. The van der Waals surface area contributed by atoms with E-state index in [0.717, 1.165) is 57.8 Å². The van der Waals surface area contributed by atoms with Crippen molar-refractivity contribution < 1.29 is 42.1 Å². The topological polar surface area (TPSA) is 108 Å². The highest BCUT2D eigenvalue weighted by molar-refractivity contribution is 7.47. The Balaban J connectivity index is 3.93. The minimum Gasteiger partial charge on any atom is -0.462 e. The first-order chi connectivity index (χ1) is 43.5. The largest absolute Gasteiger partial charge is 0.472 e. The summed E-state index contributed by atoms with van der Waals surface area (Å²) in [6.45, 7) is 4.40. The van der Waals surface area contributed by atoms with E-state index in [9.17, 15) is 19.0 Å². The van der Waals surface area contributed by atoms with Crippen LogP contribution in [0.15, 0.2) is 48.6 Å². The van der Waals surface area contributed by atoms with Gasteiger partial charge >= 0.3 is 19.8 Å². The van der Waals surface area contributed by atoms with Crippen molar-refractivity contribution in [3.8, 4) is 0 Å². The van der Waals surface area contributed by atoms with E-state index in [1.807, 2.05) is 21.1 Å². The molecule has 0 aliphatic carbocycles. The fourth-order valence-electron chi connectivity index (χ4n) is 11.7. The molecule has 1 N–H and O–H groups in total. The van der Waals surface area contributed by atoms with Gasteiger partial charge in [0.1, 0.15) is 19.8 Å². The van der Waals surface area contributed by atoms with E-state index in [1.165, 1.54) is 302 Å². The van der Waals surface area contributed by atoms with Gasteiger partial charge in [0.2, 0.25) is 0 Å². The molecule has 0 aliphatic heterocycles. The van der Waals surface area contributed by atoms with Crippen LogP contribution in [-0.2, 0) is 32.7 Å². The maximum Gasteiger partial charge on any atom is 0.472 e. The summed E-state index contributed by atoms with van der Waals surface area (Å²) in [5.41, 5.74) is 0. The third-order valence-corrected chi connectivity index (χ3v) is 18.6. The zero-order chi connectivity index (χ0) is 64.8. The SMILES string of the molecule is CC/C=C\C/C=C\C/C=C\C/C=C\CCCCCCCCCCCCCCCCCCCCCCC(=O)OC(COC(=O)CCCCCCCCCCCCCCCCCCCCCCCCCCCCCCCCCC)COP(=O)(O)OCC[N+](C)(C)C. The first kappa shape index (κ1) is 87.0. The zero-order valence-electron chi connectivity index (χ0n) is 59.9. The second-order valence-corrected chi connectivity index (χ2v) is 29.2. The summed E-state index contributed by atoms with van der Waals surface area (Å²) in [4.78, 5) is 36.0. The van der Waals surface area contributed by atoms with Gasteiger partial charge in [-0.2, -0.15) is 0 Å². The van der Waals surface area contributed by atoms with Gasteiger partial charge in [0, 0.05) is 12.8 Å². The highest BCUT2D eigenvalue weighted by Crippen LogP contribution is 2.43. The Hall–Kier alpha value is -2.03. The zero-order valence-corrected chi connectivity index (χ0v) is 60.8. The molecular weight excluding hydrogens is 1120 g/mol. The molecule has 0 heterocycles. The lowest BCUT2D eigenvalue weighted by Gasteiger charge is -2.24. The third-order valence-electron chi connectivity index (χ3n) is 17.6. The molecule has 524 valence electrons. The van der Waals surface area contributed by atoms with Crippen molar-refractivity contribution in [3.63, 3.8) is 0 Å². The monoisotopic (exact) mass is 1270 g/mol. The summed E-state index contributed by atoms with van der Waals surface area (Å²) in [5, 5.41) is 0. The maximum atomic E-state index is 12.9. The van der Waals surface area contributed by atoms with Crippen LogP contribution in [0.4, 0.5) is 0 Å². The molecule has 2 unspecified atom stereocenters. The molecule has 0 aromatic carbocycles. The average molecular weight is 1270 g/mol. The van der Waals surface area contributed by atoms with Crippen LogP contribution in [0.3, 0.4) is 0 Å². The number of carbonyl (C=O) groups is 2. The summed E-state index contributed by atoms with van der Waals surface area (Å²) in [7, 11) is 1.50. The Labute approximate surface area is 554 Å². The third kappa shape index (κ3) is 74.9. The Morgan fingerprint density at radius 2 is 0.640 bits per heavy atom. The Morgan fingerprint density at radius 3 is 0.955 bits per heavy atom. The van der Waals surface area contributed by atoms with Gasteiger partial charge < -0.3 is 18.9 Å². The van der Waals surface area contributed by atoms with Gasteiger partial charge in [-0.15, -0.1) is 0 Å². The second kappa shape index (κ2) is 70.3. The number of unbranched alkanes of at least 4 members (excludes halogenated alkanes) is 51. The number of carbonyl (C=O) groups excluding carboxylic acids is 2. The molecule has 0 fully saturated rings. The number of quaternary nitrogens is 1. The average Bonchev–Trinajstić information content (AvgIpc) is 3.60. The minimum absolute atomic E-state index is 0.0347. The van der Waals surface area contributed by atoms with Gasteiger partial charge in [0.05, 0.1) is 27.7 Å². The molecule has 0 aromatic heterocycles. The molecule has 0 amide bonds. The van der Waals surface area contributed by atoms with Crippen molar-refractivity contribution in [2.75, 3.05) is 47.5 Å². The van der Waals surface area contributed by atoms with Crippen molar-refractivity contribution in [2.45, 2.75) is 399 Å². The van der Waals surface area contributed by atoms with Crippen LogP contribution in [0.2, 0.25) is 0 Å². The van der Waals surface area contributed by atoms with Gasteiger partial charge in [-0.3, -0.25) is 18.6 Å². The van der Waals surface area contributed by atoms with Crippen LogP contribution >= 0.6 is 7.82 Å². The van der Waals surface area contributed by atoms with E-state index in [4.69, 9.17) is 18.5 Å². The number of phosphoric acid groups is 1. The summed E-state index contributed by atoms with van der Waals surface area (Å²) in [5.74, 6) is -0.773. The molecule has 9 nitrogen and oxygen atoms in total. The fraction of sp³-hybridized carbons (Fsp3) is 0.873. The molecule has 0 spiro atoms. The summed E-state index contributed by atoms with van der Waals surface area (Å²) >= 11 is 0. The molecule has 0 saturated carbocycles. The normalized spacial score (nSPS) is 13.3. The van der Waals surface area contributed by atoms with Gasteiger partial charge in [-0.1, -0.05) is 377 Å². The molecule has 0 aromatic rings. The molecule has 0 radical (unpaired) electrons. The molecule has 2 atom stereocenters. The molecule has 0 saturated heterocycles. The van der Waals surface area contributed by atoms with E-state index in [0.29, 0.717) is 23.9 Å². The van der Waals surface area contributed by atoms with E-state index >= 15 is 0 Å². The van der Waals surface area contributed by atoms with E-state index < -0.39 is 26.5 Å². The number of nitrogens with zero attached hydrogens (tertiary/aromatic N) is 1. The lowest BCUT2D eigenvalue weighted by molar-refractivity contribution is -0.870. The van der Waals surface area contributed by atoms with Crippen molar-refractivity contribution in [1.29, 1.82) is 0 Å². The highest BCUT2D eigenvalue weighted by atomic mass is 31.2. The quantitative estimate of drug-likeness (QED) is 0.0211.